The third-order valence-electron chi connectivity index (χ3n) is 8.67. The monoisotopic (exact) mass is 685 g/mol. The van der Waals surface area contributed by atoms with Crippen molar-refractivity contribution in [2.24, 2.45) is 0 Å². The van der Waals surface area contributed by atoms with Gasteiger partial charge in [-0.05, 0) is 115 Å². The zero-order chi connectivity index (χ0) is 34.5. The molecule has 1 aliphatic rings. The molecule has 1 heterocycles. The van der Waals surface area contributed by atoms with E-state index >= 15 is 0 Å². The Hall–Kier alpha value is -1.09. The lowest BCUT2D eigenvalue weighted by Crippen LogP contribution is -2.21. The van der Waals surface area contributed by atoms with Crippen molar-refractivity contribution in [2.45, 2.75) is 181 Å². The van der Waals surface area contributed by atoms with E-state index in [4.69, 9.17) is 14.0 Å². The van der Waals surface area contributed by atoms with Gasteiger partial charge in [0.1, 0.15) is 12.7 Å². The molecule has 0 atom stereocenters. The summed E-state index contributed by atoms with van der Waals surface area (Å²) in [5.74, 6) is 0.684. The fraction of sp³-hybridized carbons (Fsp3) is 0.897. The molecular formula is C39H76N2O5S. The van der Waals surface area contributed by atoms with Gasteiger partial charge in [-0.15, -0.1) is 0 Å². The van der Waals surface area contributed by atoms with Gasteiger partial charge in [-0.2, -0.15) is 0 Å². The molecule has 0 saturated carbocycles. The fourth-order valence-electron chi connectivity index (χ4n) is 5.75. The molecule has 47 heavy (non-hydrogen) atoms. The quantitative estimate of drug-likeness (QED) is 0.0313. The van der Waals surface area contributed by atoms with Gasteiger partial charge in [-0.3, -0.25) is 9.59 Å². The molecule has 0 amide bonds. The van der Waals surface area contributed by atoms with E-state index in [1.807, 2.05) is 6.08 Å². The number of unbranched alkanes of at least 4 members (excludes halogenated alkanes) is 12. The van der Waals surface area contributed by atoms with E-state index in [0.29, 0.717) is 19.4 Å². The predicted molar refractivity (Wildman–Crippen MR) is 202 cm³/mol. The average molecular weight is 685 g/mol. The van der Waals surface area contributed by atoms with E-state index < -0.39 is 0 Å². The van der Waals surface area contributed by atoms with Gasteiger partial charge in [0.05, 0.1) is 0 Å². The first-order chi connectivity index (χ1) is 23.1. The molecule has 8 heteroatoms. The molecule has 0 radical (unpaired) electrons. The van der Waals surface area contributed by atoms with Gasteiger partial charge in [0, 0.05) is 18.6 Å². The summed E-state index contributed by atoms with van der Waals surface area (Å²) in [6.45, 7) is 12.3. The normalized spacial score (nSPS) is 13.3. The molecule has 0 aromatic rings. The summed E-state index contributed by atoms with van der Waals surface area (Å²) in [5.41, 5.74) is 0. The highest BCUT2D eigenvalue weighted by Gasteiger charge is 2.14. The van der Waals surface area contributed by atoms with Crippen LogP contribution in [0.25, 0.3) is 0 Å². The molecule has 1 aliphatic heterocycles. The Kier molecular flexibility index (Phi) is 36.8. The van der Waals surface area contributed by atoms with Gasteiger partial charge in [0.15, 0.2) is 0 Å². The molecule has 1 rings (SSSR count). The van der Waals surface area contributed by atoms with Crippen molar-refractivity contribution in [2.75, 3.05) is 45.1 Å². The Bertz CT molecular complexity index is 689. The van der Waals surface area contributed by atoms with Crippen LogP contribution in [-0.4, -0.2) is 72.6 Å². The third kappa shape index (κ3) is 34.6. The Morgan fingerprint density at radius 2 is 1.28 bits per heavy atom. The van der Waals surface area contributed by atoms with Gasteiger partial charge in [-0.25, -0.2) is 0 Å². The molecule has 0 unspecified atom stereocenters. The number of nitrogens with one attached hydrogen (secondary N) is 1. The van der Waals surface area contributed by atoms with E-state index in [-0.39, 0.29) is 18.0 Å². The first-order valence-electron chi connectivity index (χ1n) is 19.8. The van der Waals surface area contributed by atoms with Crippen LogP contribution in [0.1, 0.15) is 175 Å². The van der Waals surface area contributed by atoms with Gasteiger partial charge < -0.3 is 24.2 Å². The Labute approximate surface area is 295 Å². The lowest BCUT2D eigenvalue weighted by Gasteiger charge is -2.18. The van der Waals surface area contributed by atoms with Crippen molar-refractivity contribution in [3.8, 4) is 0 Å². The Balaban J connectivity index is 0.00000178. The summed E-state index contributed by atoms with van der Waals surface area (Å²) in [5, 5.41) is 3.33. The molecular weight excluding hydrogens is 609 g/mol. The highest BCUT2D eigenvalue weighted by molar-refractivity contribution is 7.93. The number of hydrogen-bond donors (Lipinski definition) is 2. The Morgan fingerprint density at radius 1 is 0.723 bits per heavy atom. The number of rotatable bonds is 32. The molecule has 0 aromatic heterocycles. The first-order valence-corrected chi connectivity index (χ1v) is 20.7. The van der Waals surface area contributed by atoms with Crippen LogP contribution in [-0.2, 0) is 19.1 Å². The minimum absolute atomic E-state index is 0.0593. The van der Waals surface area contributed by atoms with E-state index in [2.05, 4.69) is 37.1 Å². The average Bonchev–Trinajstić information content (AvgIpc) is 3.59. The van der Waals surface area contributed by atoms with Crippen molar-refractivity contribution in [3.05, 3.63) is 12.2 Å². The van der Waals surface area contributed by atoms with Crippen molar-refractivity contribution in [1.29, 1.82) is 0 Å². The van der Waals surface area contributed by atoms with E-state index in [1.54, 1.807) is 0 Å². The maximum atomic E-state index is 12.4. The van der Waals surface area contributed by atoms with Gasteiger partial charge in [0.2, 0.25) is 0 Å². The lowest BCUT2D eigenvalue weighted by atomic mass is 10.0. The zero-order valence-corrected chi connectivity index (χ0v) is 31.9. The third-order valence-corrected chi connectivity index (χ3v) is 9.14. The van der Waals surface area contributed by atoms with Crippen LogP contribution < -0.4 is 5.32 Å². The molecule has 1 saturated heterocycles. The summed E-state index contributed by atoms with van der Waals surface area (Å²) < 4.78 is 19.6. The van der Waals surface area contributed by atoms with Crippen molar-refractivity contribution in [3.63, 3.8) is 0 Å². The van der Waals surface area contributed by atoms with Crippen LogP contribution in [0.4, 0.5) is 0 Å². The number of carbonyl (C=O) groups is 2. The van der Waals surface area contributed by atoms with Gasteiger partial charge in [0.25, 0.3) is 0 Å². The van der Waals surface area contributed by atoms with E-state index in [9.17, 15) is 9.59 Å². The Morgan fingerprint density at radius 3 is 1.85 bits per heavy atom. The van der Waals surface area contributed by atoms with Crippen LogP contribution in [0.15, 0.2) is 12.2 Å². The molecule has 0 aromatic carbocycles. The van der Waals surface area contributed by atoms with Crippen molar-refractivity contribution < 1.29 is 23.6 Å². The second-order valence-corrected chi connectivity index (χ2v) is 13.9. The number of allylic oxidation sites excluding steroid dienone is 1. The lowest BCUT2D eigenvalue weighted by molar-refractivity contribution is -0.150. The van der Waals surface area contributed by atoms with Crippen LogP contribution in [0, 0.1) is 0 Å². The second-order valence-electron chi connectivity index (χ2n) is 13.2. The minimum Gasteiger partial charge on any atom is -0.462 e. The number of ether oxygens (including phenoxy) is 2. The predicted octanol–water partition coefficient (Wildman–Crippen LogP) is 10.5. The molecule has 0 spiro atoms. The minimum atomic E-state index is -0.142. The summed E-state index contributed by atoms with van der Waals surface area (Å²) in [6.07, 6.45) is 31.0. The standard InChI is InChI=1S/C32H61NO4.C7H15NOS/c1-4-7-10-13-14-17-20-29-36-31(34)25-21-27-33-28-22-26-32(35)37-30(23-18-15-11-8-5-2)24-19-16-12-9-6-3;9-10-7-3-6-8-4-1-2-5-8/h17,20,30,33H,4-16,18-19,21-29H2,1-3H3;9H,1-7H2/b20-17-;. The number of carbonyl (C=O) groups excluding carboxylic acids is 2. The second kappa shape index (κ2) is 37.7. The van der Waals surface area contributed by atoms with Crippen molar-refractivity contribution >= 4 is 24.0 Å². The van der Waals surface area contributed by atoms with Crippen LogP contribution in [0.5, 0.6) is 0 Å². The number of hydrogen-bond acceptors (Lipinski definition) is 8. The van der Waals surface area contributed by atoms with Gasteiger partial charge in [-0.1, -0.05) is 104 Å². The zero-order valence-electron chi connectivity index (χ0n) is 31.1. The summed E-state index contributed by atoms with van der Waals surface area (Å²) in [7, 11) is 0. The summed E-state index contributed by atoms with van der Waals surface area (Å²) >= 11 is 0.958. The largest absolute Gasteiger partial charge is 0.462 e. The van der Waals surface area contributed by atoms with Crippen LogP contribution in [0.3, 0.4) is 0 Å². The number of nitrogens with zero attached hydrogens (tertiary/aromatic N) is 1. The number of esters is 2. The number of likely N-dealkylation sites (tertiary alicyclic amines) is 1. The highest BCUT2D eigenvalue weighted by atomic mass is 32.2. The van der Waals surface area contributed by atoms with Gasteiger partial charge >= 0.3 is 11.9 Å². The molecule has 2 N–H and O–H groups in total. The maximum Gasteiger partial charge on any atom is 0.306 e. The fourth-order valence-corrected chi connectivity index (χ4v) is 6.00. The smallest absolute Gasteiger partial charge is 0.306 e. The van der Waals surface area contributed by atoms with E-state index in [1.165, 1.54) is 110 Å². The topological polar surface area (TPSA) is 88.1 Å². The van der Waals surface area contributed by atoms with Crippen LogP contribution in [0.2, 0.25) is 0 Å². The molecule has 278 valence electrons. The van der Waals surface area contributed by atoms with Crippen LogP contribution >= 0.6 is 12.0 Å². The maximum absolute atomic E-state index is 12.4. The SMILES string of the molecule is CCCCCC/C=C\COC(=O)CCCNCCCC(=O)OC(CCCCCCC)CCCCCCC.OSCCCN1CCCC1. The molecule has 0 aliphatic carbocycles. The van der Waals surface area contributed by atoms with Crippen molar-refractivity contribution in [1.82, 2.24) is 10.2 Å². The molecule has 0 bridgehead atoms. The summed E-state index contributed by atoms with van der Waals surface area (Å²) in [6, 6.07) is 0. The van der Waals surface area contributed by atoms with E-state index in [0.717, 1.165) is 82.3 Å². The summed E-state index contributed by atoms with van der Waals surface area (Å²) in [4.78, 5) is 26.7. The highest BCUT2D eigenvalue weighted by Crippen LogP contribution is 2.17. The molecule has 1 fully saturated rings. The molecule has 7 nitrogen and oxygen atoms in total. The first kappa shape index (κ1) is 45.9.